The van der Waals surface area contributed by atoms with E-state index in [4.69, 9.17) is 0 Å². The quantitative estimate of drug-likeness (QED) is 0.848. The zero-order valence-electron chi connectivity index (χ0n) is 15.7. The van der Waals surface area contributed by atoms with Crippen LogP contribution in [0.5, 0.6) is 5.75 Å². The number of anilines is 2. The number of amides is 1. The number of carbonyl (C=O) groups is 1. The first-order chi connectivity index (χ1) is 13.4. The van der Waals surface area contributed by atoms with Gasteiger partial charge >= 0.3 is 0 Å². The van der Waals surface area contributed by atoms with Crippen LogP contribution in [-0.4, -0.2) is 56.5 Å². The molecule has 2 heterocycles. The molecule has 1 saturated heterocycles. The Morgan fingerprint density at radius 3 is 2.43 bits per heavy atom. The van der Waals surface area contributed by atoms with Crippen LogP contribution < -0.4 is 9.80 Å². The number of piperazine rings is 1. The SMILES string of the molecule is CC(=O)N1CCc2cc(S(=O)(=O)N3CCN(c4cccc(O)c4)CC3)ccc21. The zero-order chi connectivity index (χ0) is 19.9. The fourth-order valence-electron chi connectivity index (χ4n) is 3.89. The number of phenols is 1. The minimum absolute atomic E-state index is 0.0302. The van der Waals surface area contributed by atoms with Gasteiger partial charge < -0.3 is 14.9 Å². The lowest BCUT2D eigenvalue weighted by Crippen LogP contribution is -2.48. The molecule has 0 aliphatic carbocycles. The van der Waals surface area contributed by atoms with Crippen molar-refractivity contribution in [3.8, 4) is 5.75 Å². The van der Waals surface area contributed by atoms with E-state index >= 15 is 0 Å². The normalized spacial score (nSPS) is 17.6. The number of rotatable bonds is 3. The van der Waals surface area contributed by atoms with Crippen molar-refractivity contribution in [2.24, 2.45) is 0 Å². The third kappa shape index (κ3) is 3.33. The van der Waals surface area contributed by atoms with E-state index in [2.05, 4.69) is 4.90 Å². The highest BCUT2D eigenvalue weighted by Gasteiger charge is 2.31. The van der Waals surface area contributed by atoms with Gasteiger partial charge in [0.25, 0.3) is 0 Å². The van der Waals surface area contributed by atoms with Gasteiger partial charge in [0.2, 0.25) is 15.9 Å². The van der Waals surface area contributed by atoms with Gasteiger partial charge in [-0.25, -0.2) is 8.42 Å². The molecule has 148 valence electrons. The number of sulfonamides is 1. The van der Waals surface area contributed by atoms with Gasteiger partial charge in [-0.2, -0.15) is 4.31 Å². The van der Waals surface area contributed by atoms with Crippen LogP contribution in [0.1, 0.15) is 12.5 Å². The molecule has 0 radical (unpaired) electrons. The van der Waals surface area contributed by atoms with E-state index < -0.39 is 10.0 Å². The van der Waals surface area contributed by atoms with Gasteiger partial charge in [-0.3, -0.25) is 4.79 Å². The number of hydrogen-bond acceptors (Lipinski definition) is 5. The number of carbonyl (C=O) groups excluding carboxylic acids is 1. The van der Waals surface area contributed by atoms with Gasteiger partial charge in [-0.15, -0.1) is 0 Å². The summed E-state index contributed by atoms with van der Waals surface area (Å²) >= 11 is 0. The van der Waals surface area contributed by atoms with E-state index in [1.54, 1.807) is 41.3 Å². The van der Waals surface area contributed by atoms with Crippen molar-refractivity contribution in [2.45, 2.75) is 18.2 Å². The van der Waals surface area contributed by atoms with Gasteiger partial charge in [0.15, 0.2) is 0 Å². The summed E-state index contributed by atoms with van der Waals surface area (Å²) in [7, 11) is -3.58. The first-order valence-electron chi connectivity index (χ1n) is 9.31. The van der Waals surface area contributed by atoms with Crippen LogP contribution in [0.2, 0.25) is 0 Å². The van der Waals surface area contributed by atoms with Crippen molar-refractivity contribution in [1.29, 1.82) is 0 Å². The molecule has 7 nitrogen and oxygen atoms in total. The molecule has 2 aromatic rings. The summed E-state index contributed by atoms with van der Waals surface area (Å²) < 4.78 is 27.7. The average Bonchev–Trinajstić information content (AvgIpc) is 3.11. The number of benzene rings is 2. The molecule has 2 aromatic carbocycles. The molecule has 1 fully saturated rings. The van der Waals surface area contributed by atoms with Crippen molar-refractivity contribution in [3.63, 3.8) is 0 Å². The highest BCUT2D eigenvalue weighted by Crippen LogP contribution is 2.31. The molecule has 1 amide bonds. The number of fused-ring (bicyclic) bond motifs is 1. The van der Waals surface area contributed by atoms with Gasteiger partial charge in [-0.1, -0.05) is 6.07 Å². The summed E-state index contributed by atoms with van der Waals surface area (Å²) in [5, 5.41) is 9.65. The maximum Gasteiger partial charge on any atom is 0.243 e. The number of nitrogens with zero attached hydrogens (tertiary/aromatic N) is 3. The largest absolute Gasteiger partial charge is 0.508 e. The Bertz CT molecular complexity index is 1010. The summed E-state index contributed by atoms with van der Waals surface area (Å²) in [6.07, 6.45) is 0.670. The zero-order valence-corrected chi connectivity index (χ0v) is 16.5. The first kappa shape index (κ1) is 18.8. The van der Waals surface area contributed by atoms with Gasteiger partial charge in [0.05, 0.1) is 4.90 Å². The molecule has 0 aromatic heterocycles. The Morgan fingerprint density at radius 1 is 1.00 bits per heavy atom. The van der Waals surface area contributed by atoms with E-state index in [0.29, 0.717) is 39.1 Å². The molecule has 1 N–H and O–H groups in total. The lowest BCUT2D eigenvalue weighted by atomic mass is 10.2. The van der Waals surface area contributed by atoms with Crippen LogP contribution in [0.4, 0.5) is 11.4 Å². The summed E-state index contributed by atoms with van der Waals surface area (Å²) in [6.45, 7) is 4.00. The molecular weight excluding hydrogens is 378 g/mol. The van der Waals surface area contributed by atoms with Crippen molar-refractivity contribution in [3.05, 3.63) is 48.0 Å². The van der Waals surface area contributed by atoms with Crippen molar-refractivity contribution in [2.75, 3.05) is 42.5 Å². The van der Waals surface area contributed by atoms with E-state index in [1.165, 1.54) is 11.2 Å². The van der Waals surface area contributed by atoms with Gasteiger partial charge in [0.1, 0.15) is 5.75 Å². The standard InChI is InChI=1S/C20H23N3O4S/c1-15(24)23-8-7-16-13-19(5-6-20(16)23)28(26,27)22-11-9-21(10-12-22)17-3-2-4-18(25)14-17/h2-6,13-14,25H,7-12H2,1H3. The number of aromatic hydroxyl groups is 1. The summed E-state index contributed by atoms with van der Waals surface area (Å²) in [6, 6.07) is 12.0. The second kappa shape index (κ2) is 7.10. The van der Waals surface area contributed by atoms with Crippen LogP contribution in [0.3, 0.4) is 0 Å². The minimum atomic E-state index is -3.58. The van der Waals surface area contributed by atoms with Crippen molar-refractivity contribution < 1.29 is 18.3 Å². The highest BCUT2D eigenvalue weighted by atomic mass is 32.2. The molecule has 0 spiro atoms. The Balaban J connectivity index is 1.50. The van der Waals surface area contributed by atoms with E-state index in [1.807, 2.05) is 6.07 Å². The van der Waals surface area contributed by atoms with Crippen LogP contribution in [0, 0.1) is 0 Å². The smallest absolute Gasteiger partial charge is 0.243 e. The Hall–Kier alpha value is -2.58. The molecule has 0 saturated carbocycles. The monoisotopic (exact) mass is 401 g/mol. The first-order valence-corrected chi connectivity index (χ1v) is 10.8. The fraction of sp³-hybridized carbons (Fsp3) is 0.350. The predicted molar refractivity (Wildman–Crippen MR) is 107 cm³/mol. The summed E-state index contributed by atoms with van der Waals surface area (Å²) in [5.41, 5.74) is 2.59. The Kier molecular flexibility index (Phi) is 4.76. The third-order valence-corrected chi connectivity index (χ3v) is 7.29. The Labute approximate surface area is 164 Å². The van der Waals surface area contributed by atoms with Crippen molar-refractivity contribution >= 4 is 27.3 Å². The lowest BCUT2D eigenvalue weighted by molar-refractivity contribution is -0.116. The maximum absolute atomic E-state index is 13.1. The average molecular weight is 401 g/mol. The molecule has 0 bridgehead atoms. The molecular formula is C20H23N3O4S. The summed E-state index contributed by atoms with van der Waals surface area (Å²) in [4.78, 5) is 15.7. The lowest BCUT2D eigenvalue weighted by Gasteiger charge is -2.35. The molecule has 2 aliphatic rings. The second-order valence-corrected chi connectivity index (χ2v) is 9.06. The van der Waals surface area contributed by atoms with Crippen LogP contribution in [0.25, 0.3) is 0 Å². The predicted octanol–water partition coefficient (Wildman–Crippen LogP) is 1.81. The minimum Gasteiger partial charge on any atom is -0.508 e. The van der Waals surface area contributed by atoms with Crippen LogP contribution in [-0.2, 0) is 21.2 Å². The molecule has 4 rings (SSSR count). The second-order valence-electron chi connectivity index (χ2n) is 7.12. The van der Waals surface area contributed by atoms with E-state index in [0.717, 1.165) is 16.9 Å². The van der Waals surface area contributed by atoms with E-state index in [-0.39, 0.29) is 16.6 Å². The molecule has 2 aliphatic heterocycles. The highest BCUT2D eigenvalue weighted by molar-refractivity contribution is 7.89. The molecule has 28 heavy (non-hydrogen) atoms. The fourth-order valence-corrected chi connectivity index (χ4v) is 5.36. The van der Waals surface area contributed by atoms with Gasteiger partial charge in [0, 0.05) is 57.1 Å². The van der Waals surface area contributed by atoms with Crippen molar-refractivity contribution in [1.82, 2.24) is 4.31 Å². The number of hydrogen-bond donors (Lipinski definition) is 1. The topological polar surface area (TPSA) is 81.2 Å². The molecule has 0 atom stereocenters. The summed E-state index contributed by atoms with van der Waals surface area (Å²) in [5.74, 6) is 0.169. The van der Waals surface area contributed by atoms with E-state index in [9.17, 15) is 18.3 Å². The maximum atomic E-state index is 13.1. The molecule has 0 unspecified atom stereocenters. The number of phenolic OH excluding ortho intramolecular Hbond substituents is 1. The third-order valence-electron chi connectivity index (χ3n) is 5.40. The van der Waals surface area contributed by atoms with Crippen LogP contribution in [0.15, 0.2) is 47.4 Å². The Morgan fingerprint density at radius 2 is 1.75 bits per heavy atom. The van der Waals surface area contributed by atoms with Crippen LogP contribution >= 0.6 is 0 Å². The molecule has 8 heteroatoms. The van der Waals surface area contributed by atoms with Gasteiger partial charge in [-0.05, 0) is 42.3 Å².